The van der Waals surface area contributed by atoms with Crippen LogP contribution < -0.4 is 5.32 Å². The molecule has 0 aliphatic rings. The van der Waals surface area contributed by atoms with E-state index in [0.29, 0.717) is 22.0 Å². The lowest BCUT2D eigenvalue weighted by Crippen LogP contribution is -2.51. The average molecular weight is 453 g/mol. The van der Waals surface area contributed by atoms with Crippen molar-refractivity contribution in [2.45, 2.75) is 58.7 Å². The molecule has 2 rings (SSSR count). The van der Waals surface area contributed by atoms with Gasteiger partial charge in [0.1, 0.15) is 11.9 Å². The zero-order chi connectivity index (χ0) is 22.3. The predicted octanol–water partition coefficient (Wildman–Crippen LogP) is 5.40. The van der Waals surface area contributed by atoms with Crippen LogP contribution in [0.4, 0.5) is 4.39 Å². The topological polar surface area (TPSA) is 49.4 Å². The van der Waals surface area contributed by atoms with Gasteiger partial charge in [-0.1, -0.05) is 61.3 Å². The summed E-state index contributed by atoms with van der Waals surface area (Å²) in [4.78, 5) is 27.6. The molecule has 2 aromatic carbocycles. The number of rotatable bonds is 9. The first kappa shape index (κ1) is 24.2. The lowest BCUT2D eigenvalue weighted by atomic mass is 10.1. The quantitative estimate of drug-likeness (QED) is 0.553. The Balaban J connectivity index is 2.34. The summed E-state index contributed by atoms with van der Waals surface area (Å²) in [6.45, 7) is 5.90. The molecule has 7 heteroatoms. The van der Waals surface area contributed by atoms with Gasteiger partial charge in [0.2, 0.25) is 11.8 Å². The normalized spacial score (nSPS) is 12.9. The molecule has 0 aliphatic carbocycles. The molecule has 162 valence electrons. The highest BCUT2D eigenvalue weighted by molar-refractivity contribution is 6.42. The number of carbonyl (C=O) groups excluding carboxylic acids is 2. The average Bonchev–Trinajstić information content (AvgIpc) is 2.72. The number of amides is 2. The Kier molecular flexibility index (Phi) is 9.12. The summed E-state index contributed by atoms with van der Waals surface area (Å²) in [5.74, 6) is -1.01. The monoisotopic (exact) mass is 452 g/mol. The zero-order valence-electron chi connectivity index (χ0n) is 17.4. The number of halogens is 3. The Morgan fingerprint density at radius 2 is 1.77 bits per heavy atom. The van der Waals surface area contributed by atoms with E-state index in [4.69, 9.17) is 23.2 Å². The van der Waals surface area contributed by atoms with Crippen LogP contribution in [0.25, 0.3) is 0 Å². The summed E-state index contributed by atoms with van der Waals surface area (Å²) < 4.78 is 14.1. The second-order valence-electron chi connectivity index (χ2n) is 7.28. The third-order valence-electron chi connectivity index (χ3n) is 5.02. The van der Waals surface area contributed by atoms with Crippen LogP contribution in [0.5, 0.6) is 0 Å². The molecule has 0 bridgehead atoms. The van der Waals surface area contributed by atoms with E-state index in [2.05, 4.69) is 5.32 Å². The number of hydrogen-bond donors (Lipinski definition) is 1. The molecule has 2 atom stereocenters. The van der Waals surface area contributed by atoms with Gasteiger partial charge >= 0.3 is 0 Å². The number of benzene rings is 2. The number of nitrogens with zero attached hydrogens (tertiary/aromatic N) is 1. The predicted molar refractivity (Wildman–Crippen MR) is 119 cm³/mol. The standard InChI is InChI=1S/C23H27Cl2FN2O2/c1-4-15(3)27-23(30)21(5-2)28(14-16-10-11-18(24)19(25)12-16)22(29)13-17-8-6-7-9-20(17)26/h6-12,15,21H,4-5,13-14H2,1-3H3,(H,27,30)/t15-,21-/m1/s1. The minimum absolute atomic E-state index is 0.0138. The molecule has 0 saturated carbocycles. The Hall–Kier alpha value is -2.11. The highest BCUT2D eigenvalue weighted by Crippen LogP contribution is 2.24. The van der Waals surface area contributed by atoms with E-state index < -0.39 is 11.9 Å². The third kappa shape index (κ3) is 6.44. The molecule has 0 radical (unpaired) electrons. The van der Waals surface area contributed by atoms with E-state index in [-0.39, 0.29) is 30.8 Å². The minimum Gasteiger partial charge on any atom is -0.352 e. The van der Waals surface area contributed by atoms with Crippen LogP contribution in [-0.2, 0) is 22.6 Å². The summed E-state index contributed by atoms with van der Waals surface area (Å²) in [5, 5.41) is 3.72. The minimum atomic E-state index is -0.687. The molecule has 0 heterocycles. The molecule has 0 unspecified atom stereocenters. The Morgan fingerprint density at radius 1 is 1.07 bits per heavy atom. The van der Waals surface area contributed by atoms with Gasteiger partial charge in [0.15, 0.2) is 0 Å². The van der Waals surface area contributed by atoms with Crippen molar-refractivity contribution in [3.05, 3.63) is 69.5 Å². The van der Waals surface area contributed by atoms with Crippen LogP contribution in [-0.4, -0.2) is 28.8 Å². The van der Waals surface area contributed by atoms with Gasteiger partial charge in [0.25, 0.3) is 0 Å². The van der Waals surface area contributed by atoms with Crippen molar-refractivity contribution < 1.29 is 14.0 Å². The number of carbonyl (C=O) groups is 2. The first-order valence-electron chi connectivity index (χ1n) is 10.0. The maximum absolute atomic E-state index is 14.1. The second-order valence-corrected chi connectivity index (χ2v) is 8.09. The van der Waals surface area contributed by atoms with Gasteiger partial charge in [-0.05, 0) is 49.1 Å². The Bertz CT molecular complexity index is 891. The first-order valence-corrected chi connectivity index (χ1v) is 10.8. The van der Waals surface area contributed by atoms with Gasteiger partial charge in [-0.3, -0.25) is 9.59 Å². The van der Waals surface area contributed by atoms with Gasteiger partial charge in [-0.15, -0.1) is 0 Å². The highest BCUT2D eigenvalue weighted by Gasteiger charge is 2.29. The van der Waals surface area contributed by atoms with Crippen LogP contribution >= 0.6 is 23.2 Å². The maximum Gasteiger partial charge on any atom is 0.243 e. The molecule has 4 nitrogen and oxygen atoms in total. The van der Waals surface area contributed by atoms with Gasteiger partial charge in [0, 0.05) is 12.6 Å². The fraction of sp³-hybridized carbons (Fsp3) is 0.391. The van der Waals surface area contributed by atoms with E-state index in [1.165, 1.54) is 11.0 Å². The van der Waals surface area contributed by atoms with Crippen LogP contribution in [0.3, 0.4) is 0 Å². The molecule has 0 aromatic heterocycles. The molecule has 0 saturated heterocycles. The smallest absolute Gasteiger partial charge is 0.243 e. The van der Waals surface area contributed by atoms with E-state index >= 15 is 0 Å². The highest BCUT2D eigenvalue weighted by atomic mass is 35.5. The third-order valence-corrected chi connectivity index (χ3v) is 5.76. The fourth-order valence-corrected chi connectivity index (χ4v) is 3.42. The van der Waals surface area contributed by atoms with E-state index in [9.17, 15) is 14.0 Å². The van der Waals surface area contributed by atoms with Crippen molar-refractivity contribution in [2.24, 2.45) is 0 Å². The molecule has 1 N–H and O–H groups in total. The van der Waals surface area contributed by atoms with E-state index in [1.807, 2.05) is 20.8 Å². The first-order chi connectivity index (χ1) is 14.3. The van der Waals surface area contributed by atoms with Gasteiger partial charge < -0.3 is 10.2 Å². The summed E-state index contributed by atoms with van der Waals surface area (Å²) in [6.07, 6.45) is 1.06. The second kappa shape index (κ2) is 11.3. The lowest BCUT2D eigenvalue weighted by Gasteiger charge is -2.31. The van der Waals surface area contributed by atoms with Crippen molar-refractivity contribution in [1.82, 2.24) is 10.2 Å². The van der Waals surface area contributed by atoms with Crippen LogP contribution in [0.15, 0.2) is 42.5 Å². The maximum atomic E-state index is 14.1. The molecule has 0 fully saturated rings. The Labute approximate surface area is 187 Å². The summed E-state index contributed by atoms with van der Waals surface area (Å²) in [7, 11) is 0. The van der Waals surface area contributed by atoms with Gasteiger partial charge in [0.05, 0.1) is 16.5 Å². The summed E-state index contributed by atoms with van der Waals surface area (Å²) in [5.41, 5.74) is 1.03. The van der Waals surface area contributed by atoms with Crippen LogP contribution in [0.2, 0.25) is 10.0 Å². The van der Waals surface area contributed by atoms with Crippen molar-refractivity contribution >= 4 is 35.0 Å². The summed E-state index contributed by atoms with van der Waals surface area (Å²) >= 11 is 12.1. The van der Waals surface area contributed by atoms with Gasteiger partial charge in [-0.2, -0.15) is 0 Å². The fourth-order valence-electron chi connectivity index (χ4n) is 3.10. The number of nitrogens with one attached hydrogen (secondary N) is 1. The van der Waals surface area contributed by atoms with Gasteiger partial charge in [-0.25, -0.2) is 4.39 Å². The largest absolute Gasteiger partial charge is 0.352 e. The van der Waals surface area contributed by atoms with Crippen LogP contribution in [0, 0.1) is 5.82 Å². The number of hydrogen-bond acceptors (Lipinski definition) is 2. The SMILES string of the molecule is CC[C@@H](C)NC(=O)[C@@H](CC)N(Cc1ccc(Cl)c(Cl)c1)C(=O)Cc1ccccc1F. The molecular formula is C23H27Cl2FN2O2. The summed E-state index contributed by atoms with van der Waals surface area (Å²) in [6, 6.07) is 10.5. The molecular weight excluding hydrogens is 426 g/mol. The van der Waals surface area contributed by atoms with E-state index in [0.717, 1.165) is 12.0 Å². The van der Waals surface area contributed by atoms with Crippen LogP contribution in [0.1, 0.15) is 44.7 Å². The molecule has 2 aromatic rings. The molecule has 30 heavy (non-hydrogen) atoms. The van der Waals surface area contributed by atoms with E-state index in [1.54, 1.807) is 36.4 Å². The zero-order valence-corrected chi connectivity index (χ0v) is 18.9. The lowest BCUT2D eigenvalue weighted by molar-refractivity contribution is -0.141. The molecule has 0 spiro atoms. The molecule has 2 amide bonds. The van der Waals surface area contributed by atoms with Crippen molar-refractivity contribution in [2.75, 3.05) is 0 Å². The van der Waals surface area contributed by atoms with Crippen molar-refractivity contribution in [1.29, 1.82) is 0 Å². The van der Waals surface area contributed by atoms with Crippen molar-refractivity contribution in [3.8, 4) is 0 Å². The Morgan fingerprint density at radius 3 is 2.37 bits per heavy atom. The van der Waals surface area contributed by atoms with Crippen molar-refractivity contribution in [3.63, 3.8) is 0 Å². The molecule has 0 aliphatic heterocycles.